The van der Waals surface area contributed by atoms with Gasteiger partial charge in [-0.25, -0.2) is 0 Å². The van der Waals surface area contributed by atoms with Crippen molar-refractivity contribution in [2.24, 2.45) is 11.1 Å². The Labute approximate surface area is 103 Å². The Morgan fingerprint density at radius 1 is 1.60 bits per heavy atom. The highest BCUT2D eigenvalue weighted by molar-refractivity contribution is 9.10. The minimum Gasteiger partial charge on any atom is -0.396 e. The Balaban J connectivity index is 2.29. The Hall–Kier alpha value is -0.0900. The number of halogens is 2. The standard InChI is InChI=1S/C11H13BrClNO/c12-10-2-1-7(13)3-8(10)9-4-11(9,5-14)6-15/h1-3,9,15H,4-6,14H2. The molecule has 0 amide bonds. The van der Waals surface area contributed by atoms with Crippen LogP contribution in [0.15, 0.2) is 22.7 Å². The Bertz CT molecular complexity index is 379. The fraction of sp³-hybridized carbons (Fsp3) is 0.455. The van der Waals surface area contributed by atoms with Crippen molar-refractivity contribution in [3.05, 3.63) is 33.3 Å². The van der Waals surface area contributed by atoms with Crippen molar-refractivity contribution >= 4 is 27.5 Å². The largest absolute Gasteiger partial charge is 0.396 e. The van der Waals surface area contributed by atoms with E-state index in [1.807, 2.05) is 18.2 Å². The molecule has 1 aromatic rings. The van der Waals surface area contributed by atoms with Crippen LogP contribution in [0.25, 0.3) is 0 Å². The van der Waals surface area contributed by atoms with Crippen LogP contribution in [0.5, 0.6) is 0 Å². The molecular weight excluding hydrogens is 277 g/mol. The zero-order chi connectivity index (χ0) is 11.1. The van der Waals surface area contributed by atoms with E-state index in [0.717, 1.165) is 21.5 Å². The number of nitrogens with two attached hydrogens (primary N) is 1. The second kappa shape index (κ2) is 4.06. The van der Waals surface area contributed by atoms with Crippen LogP contribution in [0.2, 0.25) is 5.02 Å². The summed E-state index contributed by atoms with van der Waals surface area (Å²) >= 11 is 9.45. The summed E-state index contributed by atoms with van der Waals surface area (Å²) < 4.78 is 1.04. The van der Waals surface area contributed by atoms with Gasteiger partial charge in [0.2, 0.25) is 0 Å². The van der Waals surface area contributed by atoms with Crippen LogP contribution in [0.4, 0.5) is 0 Å². The van der Waals surface area contributed by atoms with E-state index in [2.05, 4.69) is 15.9 Å². The molecule has 0 spiro atoms. The lowest BCUT2D eigenvalue weighted by atomic mass is 10.0. The zero-order valence-corrected chi connectivity index (χ0v) is 10.6. The number of hydrogen-bond donors (Lipinski definition) is 2. The molecular formula is C11H13BrClNO. The highest BCUT2D eigenvalue weighted by Gasteiger charge is 2.53. The first-order valence-corrected chi connectivity index (χ1v) is 6.06. The van der Waals surface area contributed by atoms with Gasteiger partial charge >= 0.3 is 0 Å². The second-order valence-electron chi connectivity index (χ2n) is 4.15. The maximum atomic E-state index is 9.32. The molecule has 2 unspecified atom stereocenters. The topological polar surface area (TPSA) is 46.2 Å². The molecule has 0 heterocycles. The Morgan fingerprint density at radius 3 is 2.87 bits per heavy atom. The average molecular weight is 291 g/mol. The lowest BCUT2D eigenvalue weighted by molar-refractivity contribution is 0.211. The molecule has 1 aliphatic rings. The van der Waals surface area contributed by atoms with E-state index in [1.165, 1.54) is 0 Å². The van der Waals surface area contributed by atoms with Gasteiger partial charge in [-0.1, -0.05) is 27.5 Å². The Kier molecular flexibility index (Phi) is 3.08. The van der Waals surface area contributed by atoms with Crippen molar-refractivity contribution in [2.75, 3.05) is 13.2 Å². The van der Waals surface area contributed by atoms with Crippen LogP contribution in [-0.2, 0) is 0 Å². The lowest BCUT2D eigenvalue weighted by Crippen LogP contribution is -2.21. The number of aliphatic hydroxyl groups is 1. The van der Waals surface area contributed by atoms with Gasteiger partial charge in [-0.15, -0.1) is 0 Å². The number of hydrogen-bond acceptors (Lipinski definition) is 2. The van der Waals surface area contributed by atoms with E-state index in [0.29, 0.717) is 12.5 Å². The molecule has 2 rings (SSSR count). The number of rotatable bonds is 3. The van der Waals surface area contributed by atoms with Gasteiger partial charge in [0.05, 0.1) is 6.61 Å². The van der Waals surface area contributed by atoms with Crippen molar-refractivity contribution in [1.29, 1.82) is 0 Å². The highest BCUT2D eigenvalue weighted by Crippen LogP contribution is 2.59. The molecule has 0 aliphatic heterocycles. The van der Waals surface area contributed by atoms with Gasteiger partial charge in [-0.05, 0) is 36.1 Å². The van der Waals surface area contributed by atoms with Gasteiger partial charge in [0, 0.05) is 21.5 Å². The van der Waals surface area contributed by atoms with Crippen LogP contribution in [-0.4, -0.2) is 18.3 Å². The summed E-state index contributed by atoms with van der Waals surface area (Å²) in [5.41, 5.74) is 6.72. The summed E-state index contributed by atoms with van der Waals surface area (Å²) in [6.07, 6.45) is 0.943. The molecule has 82 valence electrons. The summed E-state index contributed by atoms with van der Waals surface area (Å²) in [6.45, 7) is 0.667. The fourth-order valence-electron chi connectivity index (χ4n) is 2.03. The molecule has 2 nitrogen and oxygen atoms in total. The SMILES string of the molecule is NCC1(CO)CC1c1cc(Cl)ccc1Br. The summed E-state index contributed by atoms with van der Waals surface area (Å²) in [4.78, 5) is 0. The molecule has 1 saturated carbocycles. The van der Waals surface area contributed by atoms with Crippen LogP contribution < -0.4 is 5.73 Å². The number of benzene rings is 1. The van der Waals surface area contributed by atoms with Crippen LogP contribution in [0.1, 0.15) is 17.9 Å². The summed E-state index contributed by atoms with van der Waals surface area (Å²) in [6, 6.07) is 5.73. The molecule has 2 atom stereocenters. The third-order valence-electron chi connectivity index (χ3n) is 3.24. The van der Waals surface area contributed by atoms with Crippen molar-refractivity contribution in [2.45, 2.75) is 12.3 Å². The van der Waals surface area contributed by atoms with Crippen molar-refractivity contribution in [3.63, 3.8) is 0 Å². The normalized spacial score (nSPS) is 29.2. The lowest BCUT2D eigenvalue weighted by Gasteiger charge is -2.12. The minimum absolute atomic E-state index is 0.118. The van der Waals surface area contributed by atoms with Gasteiger partial charge in [0.15, 0.2) is 0 Å². The molecule has 1 aliphatic carbocycles. The minimum atomic E-state index is -0.118. The van der Waals surface area contributed by atoms with Gasteiger partial charge in [-0.2, -0.15) is 0 Å². The first kappa shape index (κ1) is 11.4. The fourth-order valence-corrected chi connectivity index (χ4v) is 2.74. The average Bonchev–Trinajstić information content (AvgIpc) is 2.97. The van der Waals surface area contributed by atoms with Crippen molar-refractivity contribution in [3.8, 4) is 0 Å². The smallest absolute Gasteiger partial charge is 0.0505 e. The summed E-state index contributed by atoms with van der Waals surface area (Å²) in [5, 5.41) is 10.0. The van der Waals surface area contributed by atoms with E-state index >= 15 is 0 Å². The van der Waals surface area contributed by atoms with E-state index < -0.39 is 0 Å². The van der Waals surface area contributed by atoms with Crippen LogP contribution in [0.3, 0.4) is 0 Å². The highest BCUT2D eigenvalue weighted by atomic mass is 79.9. The van der Waals surface area contributed by atoms with E-state index in [9.17, 15) is 5.11 Å². The van der Waals surface area contributed by atoms with Crippen molar-refractivity contribution < 1.29 is 5.11 Å². The molecule has 0 bridgehead atoms. The molecule has 4 heteroatoms. The molecule has 0 saturated heterocycles. The predicted octanol–water partition coefficient (Wildman–Crippen LogP) is 2.53. The molecule has 15 heavy (non-hydrogen) atoms. The quantitative estimate of drug-likeness (QED) is 0.898. The molecule has 0 radical (unpaired) electrons. The Morgan fingerprint density at radius 2 is 2.33 bits per heavy atom. The monoisotopic (exact) mass is 289 g/mol. The molecule has 3 N–H and O–H groups in total. The summed E-state index contributed by atoms with van der Waals surface area (Å²) in [5.74, 6) is 0.334. The zero-order valence-electron chi connectivity index (χ0n) is 8.21. The van der Waals surface area contributed by atoms with Crippen LogP contribution >= 0.6 is 27.5 Å². The van der Waals surface area contributed by atoms with E-state index in [-0.39, 0.29) is 12.0 Å². The van der Waals surface area contributed by atoms with Gasteiger partial charge < -0.3 is 10.8 Å². The predicted molar refractivity (Wildman–Crippen MR) is 65.1 cm³/mol. The van der Waals surface area contributed by atoms with Gasteiger partial charge in [0.25, 0.3) is 0 Å². The van der Waals surface area contributed by atoms with E-state index in [1.54, 1.807) is 0 Å². The third kappa shape index (κ3) is 1.94. The first-order valence-electron chi connectivity index (χ1n) is 4.89. The van der Waals surface area contributed by atoms with Crippen LogP contribution in [0, 0.1) is 5.41 Å². The third-order valence-corrected chi connectivity index (χ3v) is 4.20. The molecule has 0 aromatic heterocycles. The maximum Gasteiger partial charge on any atom is 0.0505 e. The van der Waals surface area contributed by atoms with Crippen molar-refractivity contribution in [1.82, 2.24) is 0 Å². The van der Waals surface area contributed by atoms with Gasteiger partial charge in [0.1, 0.15) is 0 Å². The first-order chi connectivity index (χ1) is 7.13. The number of aliphatic hydroxyl groups excluding tert-OH is 1. The van der Waals surface area contributed by atoms with E-state index in [4.69, 9.17) is 17.3 Å². The maximum absolute atomic E-state index is 9.32. The summed E-state index contributed by atoms with van der Waals surface area (Å²) in [7, 11) is 0. The molecule has 1 aromatic carbocycles. The second-order valence-corrected chi connectivity index (χ2v) is 5.44. The van der Waals surface area contributed by atoms with Gasteiger partial charge in [-0.3, -0.25) is 0 Å². The molecule has 1 fully saturated rings.